The Kier molecular flexibility index (Phi) is 17.2. The van der Waals surface area contributed by atoms with Crippen molar-refractivity contribution in [1.29, 1.82) is 0 Å². The van der Waals surface area contributed by atoms with Crippen LogP contribution < -0.4 is 0 Å². The van der Waals surface area contributed by atoms with E-state index in [4.69, 9.17) is 35.3 Å². The Morgan fingerprint density at radius 2 is 1.62 bits per heavy atom. The summed E-state index contributed by atoms with van der Waals surface area (Å²) in [5.74, 6) is -7.31. The van der Waals surface area contributed by atoms with E-state index in [1.54, 1.807) is 21.0 Å². The number of methoxy groups -OCH3 is 3. The monoisotopic (exact) mass is 809 g/mol. The number of carbonyl (C=O) groups is 4. The maximum atomic E-state index is 14.3. The van der Waals surface area contributed by atoms with Crippen molar-refractivity contribution in [3.8, 4) is 0 Å². The van der Waals surface area contributed by atoms with Gasteiger partial charge in [-0.2, -0.15) is 0 Å². The summed E-state index contributed by atoms with van der Waals surface area (Å²) in [7, 11) is 4.71. The molecule has 2 bridgehead atoms. The number of allylic oxidation sites excluding steroid dienone is 3. The molecule has 1 aliphatic carbocycles. The summed E-state index contributed by atoms with van der Waals surface area (Å²) in [5.41, 5.74) is 1.71. The largest absolute Gasteiger partial charge is 0.456 e. The molecule has 0 unspecified atom stereocenters. The fourth-order valence-electron chi connectivity index (χ4n) is 9.36. The van der Waals surface area contributed by atoms with Gasteiger partial charge >= 0.3 is 5.97 Å². The molecule has 12 nitrogen and oxygen atoms in total. The van der Waals surface area contributed by atoms with Crippen LogP contribution in [-0.4, -0.2) is 120 Å². The standard InChI is InChI=1S/C43H68ClNO11/c1-10-30-18-24(2)17-25(3)19-36(53-8)39-37(54-9)21-27(5)43(51,56-39)40(48)41(49)45-16-12-11-13-32(45)42(50)55-38(28(6)33(46)23-34(30)47)26(4)20-29-14-15-31(44)35(22-29)52-7/h18,20,25,27-33,35-39,46,51H,10-17,19,21-23H2,1-9H3/t25-,27+,28+,29-,30+,31-,32-,33-,35+,36-,37-,38+,39+,43+/m0/s1. The minimum atomic E-state index is -2.49. The smallest absolute Gasteiger partial charge is 0.329 e. The maximum Gasteiger partial charge on any atom is 0.329 e. The number of aliphatic hydroxyl groups excluding tert-OH is 1. The molecule has 2 saturated heterocycles. The molecule has 3 fully saturated rings. The zero-order valence-corrected chi connectivity index (χ0v) is 35.8. The van der Waals surface area contributed by atoms with Crippen LogP contribution in [0.5, 0.6) is 0 Å². The number of hydrogen-bond acceptors (Lipinski definition) is 11. The van der Waals surface area contributed by atoms with Crippen molar-refractivity contribution in [1.82, 2.24) is 4.90 Å². The second kappa shape index (κ2) is 20.7. The van der Waals surface area contributed by atoms with Gasteiger partial charge in [0.1, 0.15) is 24.0 Å². The van der Waals surface area contributed by atoms with Gasteiger partial charge in [0.15, 0.2) is 0 Å². The first-order valence-corrected chi connectivity index (χ1v) is 21.2. The molecule has 0 spiro atoms. The molecular formula is C43H68ClNO11. The van der Waals surface area contributed by atoms with Gasteiger partial charge in [-0.15, -0.1) is 11.6 Å². The molecule has 14 atom stereocenters. The summed E-state index contributed by atoms with van der Waals surface area (Å²) in [6, 6.07) is -1.12. The number of piperidine rings is 1. The van der Waals surface area contributed by atoms with E-state index in [0.29, 0.717) is 44.1 Å². The molecule has 0 aromatic carbocycles. The average molecular weight is 810 g/mol. The fourth-order valence-corrected chi connectivity index (χ4v) is 9.69. The zero-order valence-electron chi connectivity index (χ0n) is 35.0. The lowest BCUT2D eigenvalue weighted by molar-refractivity contribution is -0.302. The number of Topliss-reactive ketones (excluding diaryl/α,β-unsaturated/α-hetero) is 2. The normalized spacial score (nSPS) is 40.6. The van der Waals surface area contributed by atoms with E-state index < -0.39 is 77.8 Å². The lowest BCUT2D eigenvalue weighted by Crippen LogP contribution is -2.64. The quantitative estimate of drug-likeness (QED) is 0.146. The lowest BCUT2D eigenvalue weighted by Gasteiger charge is -2.47. The highest BCUT2D eigenvalue weighted by molar-refractivity contribution is 6.39. The molecule has 0 radical (unpaired) electrons. The van der Waals surface area contributed by atoms with Crippen LogP contribution >= 0.6 is 11.6 Å². The van der Waals surface area contributed by atoms with Crippen LogP contribution in [0.25, 0.3) is 0 Å². The number of hydrogen-bond donors (Lipinski definition) is 2. The molecule has 3 aliphatic heterocycles. The number of amides is 1. The van der Waals surface area contributed by atoms with Crippen LogP contribution in [0.1, 0.15) is 112 Å². The van der Waals surface area contributed by atoms with Gasteiger partial charge in [-0.3, -0.25) is 14.4 Å². The minimum absolute atomic E-state index is 0.0425. The predicted molar refractivity (Wildman–Crippen MR) is 212 cm³/mol. The van der Waals surface area contributed by atoms with Crippen LogP contribution in [-0.2, 0) is 42.9 Å². The first kappa shape index (κ1) is 46.5. The number of ether oxygens (including phenoxy) is 5. The fraction of sp³-hybridized carbons (Fsp3) is 0.814. The van der Waals surface area contributed by atoms with E-state index in [2.05, 4.69) is 6.92 Å². The van der Waals surface area contributed by atoms with Crippen molar-refractivity contribution in [2.75, 3.05) is 27.9 Å². The number of nitrogens with zero attached hydrogens (tertiary/aromatic N) is 1. The number of cyclic esters (lactones) is 1. The van der Waals surface area contributed by atoms with Gasteiger partial charge in [0.2, 0.25) is 5.79 Å². The van der Waals surface area contributed by atoms with E-state index in [1.807, 2.05) is 32.9 Å². The van der Waals surface area contributed by atoms with Gasteiger partial charge in [-0.25, -0.2) is 4.79 Å². The highest BCUT2D eigenvalue weighted by Gasteiger charge is 2.56. The molecule has 56 heavy (non-hydrogen) atoms. The number of halogens is 1. The van der Waals surface area contributed by atoms with Crippen LogP contribution in [0, 0.1) is 29.6 Å². The Bertz CT molecular complexity index is 1440. The van der Waals surface area contributed by atoms with Crippen LogP contribution in [0.3, 0.4) is 0 Å². The van der Waals surface area contributed by atoms with Gasteiger partial charge in [0.25, 0.3) is 11.7 Å². The molecule has 0 aromatic heterocycles. The summed E-state index contributed by atoms with van der Waals surface area (Å²) in [6.07, 6.45) is 5.16. The van der Waals surface area contributed by atoms with Gasteiger partial charge in [-0.1, -0.05) is 45.4 Å². The summed E-state index contributed by atoms with van der Waals surface area (Å²) in [4.78, 5) is 57.7. The number of aliphatic hydroxyl groups is 2. The molecule has 13 heteroatoms. The van der Waals surface area contributed by atoms with Crippen molar-refractivity contribution < 1.29 is 53.1 Å². The first-order valence-electron chi connectivity index (χ1n) is 20.7. The van der Waals surface area contributed by atoms with Crippen LogP contribution in [0.4, 0.5) is 0 Å². The van der Waals surface area contributed by atoms with Gasteiger partial charge < -0.3 is 38.8 Å². The molecule has 4 aliphatic rings. The Hall–Kier alpha value is -2.19. The number of alkyl halides is 1. The van der Waals surface area contributed by atoms with Crippen molar-refractivity contribution in [2.24, 2.45) is 29.6 Å². The molecule has 1 amide bonds. The van der Waals surface area contributed by atoms with Gasteiger partial charge in [-0.05, 0) is 95.5 Å². The van der Waals surface area contributed by atoms with Crippen molar-refractivity contribution >= 4 is 35.0 Å². The summed E-state index contributed by atoms with van der Waals surface area (Å²) in [6.45, 7) is 11.3. The van der Waals surface area contributed by atoms with E-state index in [0.717, 1.165) is 18.4 Å². The molecule has 3 heterocycles. The van der Waals surface area contributed by atoms with Gasteiger partial charge in [0, 0.05) is 52.0 Å². The van der Waals surface area contributed by atoms with E-state index in [-0.39, 0.29) is 54.9 Å². The second-order valence-corrected chi connectivity index (χ2v) is 17.7. The molecule has 4 rings (SSSR count). The Morgan fingerprint density at radius 1 is 0.964 bits per heavy atom. The van der Waals surface area contributed by atoms with E-state index >= 15 is 0 Å². The Labute approximate surface area is 339 Å². The van der Waals surface area contributed by atoms with Crippen LogP contribution in [0.15, 0.2) is 23.3 Å². The van der Waals surface area contributed by atoms with Crippen molar-refractivity contribution in [2.45, 2.75) is 166 Å². The number of ketones is 2. The summed E-state index contributed by atoms with van der Waals surface area (Å²) in [5, 5.41) is 23.6. The Morgan fingerprint density at radius 3 is 2.27 bits per heavy atom. The SMILES string of the molecule is CC[C@@H]1C=C(C)C[C@H](C)C[C@H](OC)[C@H]2O[C@@](O)(C(=O)C(=O)N3CCCC[C@H]3C(=O)O[C@H](C(C)=C[C@@H]3CC[C@H](Cl)[C@H](OC)C3)[C@H](C)[C@@H](O)CC1=O)[C@H](C)C[C@@H]2OC. The predicted octanol–water partition coefficient (Wildman–Crippen LogP) is 5.72. The minimum Gasteiger partial charge on any atom is -0.456 e. The lowest BCUT2D eigenvalue weighted by atomic mass is 9.82. The molecule has 2 N–H and O–H groups in total. The summed E-state index contributed by atoms with van der Waals surface area (Å²) >= 11 is 6.52. The average Bonchev–Trinajstić information content (AvgIpc) is 3.18. The number of fused-ring (bicyclic) bond motifs is 3. The first-order chi connectivity index (χ1) is 26.5. The molecule has 318 valence electrons. The molecule has 1 saturated carbocycles. The van der Waals surface area contributed by atoms with Gasteiger partial charge in [0.05, 0.1) is 29.8 Å². The third-order valence-electron chi connectivity index (χ3n) is 12.8. The van der Waals surface area contributed by atoms with E-state index in [9.17, 15) is 29.4 Å². The molecule has 0 aromatic rings. The Balaban J connectivity index is 1.76. The third-order valence-corrected chi connectivity index (χ3v) is 13.3. The summed E-state index contributed by atoms with van der Waals surface area (Å²) < 4.78 is 29.9. The van der Waals surface area contributed by atoms with Crippen molar-refractivity contribution in [3.05, 3.63) is 23.3 Å². The van der Waals surface area contributed by atoms with Crippen molar-refractivity contribution in [3.63, 3.8) is 0 Å². The maximum absolute atomic E-state index is 14.3. The highest BCUT2D eigenvalue weighted by Crippen LogP contribution is 2.39. The third kappa shape index (κ3) is 10.9. The number of esters is 1. The second-order valence-electron chi connectivity index (χ2n) is 17.1. The van der Waals surface area contributed by atoms with E-state index in [1.165, 1.54) is 19.1 Å². The molecular weight excluding hydrogens is 742 g/mol. The zero-order chi connectivity index (χ0) is 41.5. The highest BCUT2D eigenvalue weighted by atomic mass is 35.5. The topological polar surface area (TPSA) is 158 Å². The van der Waals surface area contributed by atoms with Crippen LogP contribution in [0.2, 0.25) is 0 Å². The number of carbonyl (C=O) groups excluding carboxylic acids is 4. The number of rotatable bonds is 6.